The predicted molar refractivity (Wildman–Crippen MR) is 231 cm³/mol. The van der Waals surface area contributed by atoms with E-state index >= 15 is 0 Å². The molecule has 4 aromatic rings. The highest BCUT2D eigenvalue weighted by Gasteiger charge is 2.30. The van der Waals surface area contributed by atoms with E-state index in [0.717, 1.165) is 69.8 Å². The average molecular weight is 838 g/mol. The zero-order chi connectivity index (χ0) is 43.1. The number of aromatic nitrogens is 3. The molecule has 0 unspecified atom stereocenters. The van der Waals surface area contributed by atoms with Gasteiger partial charge in [0.05, 0.1) is 17.6 Å². The largest absolute Gasteiger partial charge is 0.490 e. The summed E-state index contributed by atoms with van der Waals surface area (Å²) in [6.45, 7) is 11.2. The number of carbonyl (C=O) groups is 3. The van der Waals surface area contributed by atoms with Crippen LogP contribution < -0.4 is 31.3 Å². The first kappa shape index (κ1) is 43.5. The van der Waals surface area contributed by atoms with Crippen LogP contribution in [0.4, 0.5) is 26.0 Å². The van der Waals surface area contributed by atoms with E-state index in [-0.39, 0.29) is 36.8 Å². The van der Waals surface area contributed by atoms with Crippen LogP contribution in [-0.4, -0.2) is 88.5 Å². The number of hydrogen-bond donors (Lipinski definition) is 4. The lowest BCUT2D eigenvalue weighted by Gasteiger charge is -2.38. The summed E-state index contributed by atoms with van der Waals surface area (Å²) in [5.74, 6) is 0.847. The lowest BCUT2D eigenvalue weighted by atomic mass is 9.88. The van der Waals surface area contributed by atoms with Gasteiger partial charge in [-0.15, -0.1) is 0 Å². The Bertz CT molecular complexity index is 2140. The monoisotopic (exact) mass is 837 g/mol. The Labute approximate surface area is 356 Å². The normalized spacial score (nSPS) is 19.1. The summed E-state index contributed by atoms with van der Waals surface area (Å²) in [5.41, 5.74) is 9.76. The highest BCUT2D eigenvalue weighted by atomic mass is 19.3. The van der Waals surface area contributed by atoms with Crippen LogP contribution in [-0.2, 0) is 9.59 Å². The van der Waals surface area contributed by atoms with Crippen molar-refractivity contribution in [3.8, 4) is 17.0 Å². The molecule has 0 aliphatic carbocycles. The number of likely N-dealkylation sites (tertiary alicyclic amines) is 1. The van der Waals surface area contributed by atoms with E-state index in [9.17, 15) is 23.2 Å². The second kappa shape index (κ2) is 19.4. The van der Waals surface area contributed by atoms with Gasteiger partial charge >= 0.3 is 0 Å². The van der Waals surface area contributed by atoms with E-state index in [1.54, 1.807) is 36.7 Å². The average Bonchev–Trinajstić information content (AvgIpc) is 3.24. The van der Waals surface area contributed by atoms with Gasteiger partial charge in [0.15, 0.2) is 0 Å². The van der Waals surface area contributed by atoms with Crippen LogP contribution in [0.3, 0.4) is 0 Å². The maximum Gasteiger partial charge on any atom is 0.284 e. The van der Waals surface area contributed by atoms with Gasteiger partial charge < -0.3 is 30.9 Å². The molecule has 61 heavy (non-hydrogen) atoms. The number of hydrogen-bond acceptors (Lipinski definition) is 11. The highest BCUT2D eigenvalue weighted by molar-refractivity contribution is 6.03. The van der Waals surface area contributed by atoms with E-state index in [1.807, 2.05) is 13.0 Å². The number of amides is 3. The molecule has 13 nitrogen and oxygen atoms in total. The van der Waals surface area contributed by atoms with Crippen LogP contribution in [0.15, 0.2) is 73.1 Å². The van der Waals surface area contributed by atoms with Crippen molar-refractivity contribution in [1.82, 2.24) is 30.5 Å². The fourth-order valence-electron chi connectivity index (χ4n) is 8.74. The van der Waals surface area contributed by atoms with Crippen molar-refractivity contribution in [2.75, 3.05) is 49.5 Å². The number of nitrogens with one attached hydrogen (secondary N) is 3. The first-order valence-corrected chi connectivity index (χ1v) is 21.4. The molecule has 0 spiro atoms. The van der Waals surface area contributed by atoms with E-state index < -0.39 is 35.5 Å². The van der Waals surface area contributed by atoms with Gasteiger partial charge in [-0.05, 0) is 130 Å². The van der Waals surface area contributed by atoms with Crippen LogP contribution in [0.5, 0.6) is 5.75 Å². The van der Waals surface area contributed by atoms with E-state index in [4.69, 9.17) is 10.5 Å². The Hall–Kier alpha value is -5.54. The van der Waals surface area contributed by atoms with Crippen LogP contribution in [0.1, 0.15) is 99.8 Å². The summed E-state index contributed by atoms with van der Waals surface area (Å²) in [7, 11) is 0. The zero-order valence-corrected chi connectivity index (χ0v) is 35.2. The minimum Gasteiger partial charge on any atom is -0.490 e. The van der Waals surface area contributed by atoms with E-state index in [2.05, 4.69) is 78.8 Å². The van der Waals surface area contributed by atoms with Crippen LogP contribution in [0, 0.1) is 11.8 Å². The number of halogens is 2. The van der Waals surface area contributed by atoms with Gasteiger partial charge in [-0.1, -0.05) is 26.0 Å². The third-order valence-corrected chi connectivity index (χ3v) is 11.8. The minimum absolute atomic E-state index is 0.0366. The number of nitrogens with two attached hydrogens (primary N) is 1. The van der Waals surface area contributed by atoms with Crippen LogP contribution in [0.25, 0.3) is 11.3 Å². The molecule has 2 atom stereocenters. The maximum absolute atomic E-state index is 14.1. The molecule has 324 valence electrons. The molecule has 0 saturated carbocycles. The van der Waals surface area contributed by atoms with Gasteiger partial charge in [0.25, 0.3) is 12.3 Å². The molecule has 7 rings (SSSR count). The number of benzene rings is 1. The summed E-state index contributed by atoms with van der Waals surface area (Å²) < 4.78 is 34.0. The van der Waals surface area contributed by atoms with E-state index in [1.165, 1.54) is 11.6 Å². The molecule has 1 aromatic carbocycles. The van der Waals surface area contributed by atoms with Crippen LogP contribution in [0.2, 0.25) is 0 Å². The van der Waals surface area contributed by atoms with Gasteiger partial charge in [-0.2, -0.15) is 0 Å². The lowest BCUT2D eigenvalue weighted by Crippen LogP contribution is -2.52. The van der Waals surface area contributed by atoms with Gasteiger partial charge in [0.1, 0.15) is 35.6 Å². The molecule has 0 bridgehead atoms. The molecule has 3 amide bonds. The first-order valence-electron chi connectivity index (χ1n) is 21.4. The van der Waals surface area contributed by atoms with Gasteiger partial charge in [-0.3, -0.25) is 19.7 Å². The Balaban J connectivity index is 0.848. The van der Waals surface area contributed by atoms with Crippen molar-refractivity contribution in [2.45, 2.75) is 89.6 Å². The molecule has 3 fully saturated rings. The van der Waals surface area contributed by atoms with Crippen molar-refractivity contribution in [1.29, 1.82) is 0 Å². The number of rotatable bonds is 15. The number of imide groups is 1. The highest BCUT2D eigenvalue weighted by Crippen LogP contribution is 2.34. The third-order valence-electron chi connectivity index (χ3n) is 11.8. The summed E-state index contributed by atoms with van der Waals surface area (Å²) in [6, 6.07) is 18.1. The number of carbonyl (C=O) groups excluding carboxylic acids is 3. The first-order chi connectivity index (χ1) is 29.3. The van der Waals surface area contributed by atoms with Gasteiger partial charge in [0.2, 0.25) is 11.8 Å². The van der Waals surface area contributed by atoms with Crippen molar-refractivity contribution in [3.05, 3.63) is 90.0 Å². The summed E-state index contributed by atoms with van der Waals surface area (Å²) in [4.78, 5) is 54.1. The molecule has 0 radical (unpaired) electrons. The summed E-state index contributed by atoms with van der Waals surface area (Å²) >= 11 is 0. The van der Waals surface area contributed by atoms with Gasteiger partial charge in [-0.25, -0.2) is 23.7 Å². The second-order valence-corrected chi connectivity index (χ2v) is 17.5. The molecule has 15 heteroatoms. The number of ether oxygens (including phenoxy) is 1. The van der Waals surface area contributed by atoms with Crippen LogP contribution >= 0.6 is 0 Å². The lowest BCUT2D eigenvalue weighted by molar-refractivity contribution is -0.134. The molecular weight excluding hydrogens is 781 g/mol. The summed E-state index contributed by atoms with van der Waals surface area (Å²) in [6.07, 6.45) is 6.11. The number of nitrogens with zero attached hydrogens (tertiary/aromatic N) is 5. The molecule has 3 aliphatic rings. The molecule has 5 N–H and O–H groups in total. The van der Waals surface area contributed by atoms with Gasteiger partial charge in [0, 0.05) is 49.0 Å². The Morgan fingerprint density at radius 3 is 2.39 bits per heavy atom. The van der Waals surface area contributed by atoms with Crippen molar-refractivity contribution < 1.29 is 27.9 Å². The molecular formula is C46H57F2N9O4. The standard InChI is InChI=1S/C46H57F2N9O4/c1-29(2)25-46(3,49)28-61-39-12-10-36(53-42(39)43(47)48)33-14-19-50-40(24-33)52-34-6-4-31(5-7-34)32-17-20-56(21-18-32)27-30-15-22-57(23-16-30)35-8-9-37(51-26-35)44(59)54-38-11-13-41(58)55-45(38)60/h4-10,12,14,19,24,26,29-30,32,38,43H,11,13,15-18,20-23,25,27-28,49H2,1-3H3,(H,50,52)(H,54,59)(H,55,58,60)/t38-,46-/m0/s1. The Morgan fingerprint density at radius 2 is 1.72 bits per heavy atom. The number of pyridine rings is 3. The SMILES string of the molecule is CC(C)C[C@](C)(N)COc1ccc(-c2ccnc(Nc3ccc(C4CCN(CC5CCN(c6ccc(C(=O)N[C@H]7CCC(=O)NC7=O)nc6)CC5)CC4)cc3)c2)nc1C(F)F. The quantitative estimate of drug-likeness (QED) is 0.0912. The molecule has 3 aliphatic heterocycles. The maximum atomic E-state index is 14.1. The van der Waals surface area contributed by atoms with Crippen molar-refractivity contribution in [2.24, 2.45) is 17.6 Å². The smallest absolute Gasteiger partial charge is 0.284 e. The third kappa shape index (κ3) is 11.6. The second-order valence-electron chi connectivity index (χ2n) is 17.5. The number of anilines is 3. The van der Waals surface area contributed by atoms with Crippen molar-refractivity contribution >= 4 is 34.9 Å². The van der Waals surface area contributed by atoms with E-state index in [0.29, 0.717) is 41.2 Å². The topological polar surface area (TPSA) is 168 Å². The number of piperidine rings is 3. The van der Waals surface area contributed by atoms with Crippen molar-refractivity contribution in [3.63, 3.8) is 0 Å². The fourth-order valence-corrected chi connectivity index (χ4v) is 8.74. The molecule has 3 aromatic heterocycles. The molecule has 6 heterocycles. The Kier molecular flexibility index (Phi) is 13.9. The zero-order valence-electron chi connectivity index (χ0n) is 35.2. The number of alkyl halides is 2. The Morgan fingerprint density at radius 1 is 0.967 bits per heavy atom. The fraction of sp³-hybridized carbons (Fsp3) is 0.478. The predicted octanol–water partition coefficient (Wildman–Crippen LogP) is 6.99. The molecule has 3 saturated heterocycles. The minimum atomic E-state index is -2.81. The summed E-state index contributed by atoms with van der Waals surface area (Å²) in [5, 5.41) is 8.29.